The fourth-order valence-electron chi connectivity index (χ4n) is 1.94. The lowest BCUT2D eigenvalue weighted by Crippen LogP contribution is -2.41. The van der Waals surface area contributed by atoms with Crippen LogP contribution in [0.25, 0.3) is 0 Å². The lowest BCUT2D eigenvalue weighted by atomic mass is 10.0. The molecule has 19 heavy (non-hydrogen) atoms. The number of nitrogens with one attached hydrogen (secondary N) is 1. The zero-order valence-electron chi connectivity index (χ0n) is 13.0. The van der Waals surface area contributed by atoms with Gasteiger partial charge in [0.05, 0.1) is 0 Å². The van der Waals surface area contributed by atoms with Crippen molar-refractivity contribution in [1.29, 1.82) is 0 Å². The van der Waals surface area contributed by atoms with Crippen molar-refractivity contribution in [2.24, 2.45) is 0 Å². The summed E-state index contributed by atoms with van der Waals surface area (Å²) in [5.41, 5.74) is -1.17. The molecule has 0 rings (SSSR count). The fourth-order valence-corrected chi connectivity index (χ4v) is 1.94. The summed E-state index contributed by atoms with van der Waals surface area (Å²) in [6, 6.07) is 0. The van der Waals surface area contributed by atoms with Gasteiger partial charge in [-0.25, -0.2) is 14.9 Å². The highest BCUT2D eigenvalue weighted by atomic mass is 16.6. The maximum atomic E-state index is 11.6. The number of rotatable bonds is 6. The molecule has 0 aliphatic carbocycles. The van der Waals surface area contributed by atoms with Gasteiger partial charge >= 0.3 is 12.2 Å². The van der Waals surface area contributed by atoms with Crippen LogP contribution < -0.4 is 5.32 Å². The molecule has 0 radical (unpaired) electrons. The van der Waals surface area contributed by atoms with Crippen LogP contribution in [0.2, 0.25) is 0 Å². The second kappa shape index (κ2) is 7.36. The van der Waals surface area contributed by atoms with Gasteiger partial charge in [-0.15, -0.1) is 0 Å². The monoisotopic (exact) mass is 273 g/mol. The van der Waals surface area contributed by atoms with Crippen molar-refractivity contribution in [3.05, 3.63) is 0 Å². The zero-order chi connectivity index (χ0) is 15.1. The summed E-state index contributed by atoms with van der Waals surface area (Å²) < 4.78 is 10.3. The molecular weight excluding hydrogens is 246 g/mol. The quantitative estimate of drug-likeness (QED) is 0.794. The molecule has 112 valence electrons. The smallest absolute Gasteiger partial charge is 0.417 e. The maximum Gasteiger partial charge on any atom is 0.417 e. The molecule has 0 saturated carbocycles. The first-order valence-electron chi connectivity index (χ1n) is 6.85. The van der Waals surface area contributed by atoms with Crippen LogP contribution in [-0.4, -0.2) is 23.4 Å². The third-order valence-electron chi connectivity index (χ3n) is 2.65. The van der Waals surface area contributed by atoms with Gasteiger partial charge < -0.3 is 9.47 Å². The van der Waals surface area contributed by atoms with E-state index < -0.39 is 23.4 Å². The van der Waals surface area contributed by atoms with E-state index >= 15 is 0 Å². The minimum Gasteiger partial charge on any atom is -0.443 e. The number of amides is 2. The largest absolute Gasteiger partial charge is 0.443 e. The Hall–Kier alpha value is -1.26. The average molecular weight is 273 g/mol. The van der Waals surface area contributed by atoms with Gasteiger partial charge in [-0.05, 0) is 40.5 Å². The Morgan fingerprint density at radius 1 is 0.842 bits per heavy atom. The second-order valence-corrected chi connectivity index (χ2v) is 5.92. The van der Waals surface area contributed by atoms with Gasteiger partial charge in [0.25, 0.3) is 0 Å². The summed E-state index contributed by atoms with van der Waals surface area (Å²) in [5, 5.41) is 2.09. The van der Waals surface area contributed by atoms with Gasteiger partial charge in [-0.3, -0.25) is 0 Å². The van der Waals surface area contributed by atoms with Gasteiger partial charge in [-0.2, -0.15) is 0 Å². The molecule has 0 aromatic heterocycles. The lowest BCUT2D eigenvalue weighted by Gasteiger charge is -2.26. The van der Waals surface area contributed by atoms with Crippen LogP contribution in [0, 0.1) is 0 Å². The van der Waals surface area contributed by atoms with Crippen LogP contribution in [0.3, 0.4) is 0 Å². The van der Waals surface area contributed by atoms with Crippen LogP contribution in [0.15, 0.2) is 0 Å². The Labute approximate surface area is 116 Å². The van der Waals surface area contributed by atoms with Crippen LogP contribution in [0.1, 0.15) is 67.2 Å². The minimum atomic E-state index is -0.768. The van der Waals surface area contributed by atoms with Crippen molar-refractivity contribution in [3.8, 4) is 0 Å². The average Bonchev–Trinajstić information content (AvgIpc) is 2.13. The van der Waals surface area contributed by atoms with E-state index in [1.165, 1.54) is 0 Å². The first-order valence-corrected chi connectivity index (χ1v) is 6.85. The van der Waals surface area contributed by atoms with Crippen LogP contribution in [0.5, 0.6) is 0 Å². The third kappa shape index (κ3) is 8.46. The molecule has 0 saturated heterocycles. The molecule has 0 atom stereocenters. The molecule has 0 aromatic carbocycles. The molecule has 0 aliphatic heterocycles. The van der Waals surface area contributed by atoms with E-state index in [2.05, 4.69) is 5.32 Å². The molecule has 1 N–H and O–H groups in total. The van der Waals surface area contributed by atoms with Gasteiger partial charge in [0, 0.05) is 0 Å². The van der Waals surface area contributed by atoms with E-state index in [1.807, 2.05) is 41.5 Å². The summed E-state index contributed by atoms with van der Waals surface area (Å²) in [4.78, 5) is 23.1. The predicted molar refractivity (Wildman–Crippen MR) is 74.1 cm³/mol. The van der Waals surface area contributed by atoms with Crippen LogP contribution >= 0.6 is 0 Å². The summed E-state index contributed by atoms with van der Waals surface area (Å²) in [6.07, 6.45) is 1.72. The van der Waals surface area contributed by atoms with Gasteiger partial charge in [0.15, 0.2) is 0 Å². The number of imide groups is 1. The third-order valence-corrected chi connectivity index (χ3v) is 2.65. The summed E-state index contributed by atoms with van der Waals surface area (Å²) in [5.74, 6) is 0. The molecule has 0 aliphatic rings. The van der Waals surface area contributed by atoms with Gasteiger partial charge in [-0.1, -0.05) is 26.7 Å². The Bertz CT molecular complexity index is 281. The second-order valence-electron chi connectivity index (χ2n) is 5.92. The summed E-state index contributed by atoms with van der Waals surface area (Å²) in [6.45, 7) is 11.2. The Morgan fingerprint density at radius 2 is 1.16 bits per heavy atom. The van der Waals surface area contributed by atoms with Crippen molar-refractivity contribution in [1.82, 2.24) is 5.32 Å². The van der Waals surface area contributed by atoms with Crippen molar-refractivity contribution >= 4 is 12.2 Å². The highest BCUT2D eigenvalue weighted by molar-refractivity contribution is 5.87. The summed E-state index contributed by atoms with van der Waals surface area (Å²) >= 11 is 0. The van der Waals surface area contributed by atoms with E-state index in [0.717, 1.165) is 25.7 Å². The highest BCUT2D eigenvalue weighted by Gasteiger charge is 2.26. The molecule has 0 heterocycles. The zero-order valence-corrected chi connectivity index (χ0v) is 13.0. The molecule has 0 aromatic rings. The van der Waals surface area contributed by atoms with Gasteiger partial charge in [0.1, 0.15) is 11.2 Å². The molecule has 5 heteroatoms. The van der Waals surface area contributed by atoms with Gasteiger partial charge in [0.2, 0.25) is 0 Å². The van der Waals surface area contributed by atoms with Crippen molar-refractivity contribution in [3.63, 3.8) is 0 Å². The van der Waals surface area contributed by atoms with Crippen molar-refractivity contribution in [2.45, 2.75) is 78.4 Å². The molecule has 0 bridgehead atoms. The standard InChI is InChI=1S/C14H27NO4/c1-7-9-13(3,4)18-11(16)15-12(17)19-14(5,6)10-8-2/h7-10H2,1-6H3,(H,15,16,17). The minimum absolute atomic E-state index is 0.585. The molecular formula is C14H27NO4. The summed E-state index contributed by atoms with van der Waals surface area (Å²) in [7, 11) is 0. The number of ether oxygens (including phenoxy) is 2. The van der Waals surface area contributed by atoms with Crippen molar-refractivity contribution in [2.75, 3.05) is 0 Å². The highest BCUT2D eigenvalue weighted by Crippen LogP contribution is 2.18. The Balaban J connectivity index is 4.23. The molecule has 0 unspecified atom stereocenters. The van der Waals surface area contributed by atoms with Crippen LogP contribution in [0.4, 0.5) is 9.59 Å². The molecule has 2 amide bonds. The fraction of sp³-hybridized carbons (Fsp3) is 0.857. The normalized spacial score (nSPS) is 11.9. The predicted octanol–water partition coefficient (Wildman–Crippen LogP) is 4.01. The first-order chi connectivity index (χ1) is 8.62. The van der Waals surface area contributed by atoms with E-state index in [1.54, 1.807) is 0 Å². The molecule has 0 fully saturated rings. The number of carbonyl (C=O) groups is 2. The van der Waals surface area contributed by atoms with E-state index in [9.17, 15) is 9.59 Å². The number of hydrogen-bond acceptors (Lipinski definition) is 4. The van der Waals surface area contributed by atoms with E-state index in [0.29, 0.717) is 0 Å². The molecule has 5 nitrogen and oxygen atoms in total. The number of alkyl carbamates (subject to hydrolysis) is 2. The van der Waals surface area contributed by atoms with Crippen LogP contribution in [-0.2, 0) is 9.47 Å². The van der Waals surface area contributed by atoms with Crippen molar-refractivity contribution < 1.29 is 19.1 Å². The first kappa shape index (κ1) is 17.7. The SMILES string of the molecule is CCCC(C)(C)OC(=O)NC(=O)OC(C)(C)CCC. The Kier molecular flexibility index (Phi) is 6.87. The maximum absolute atomic E-state index is 11.6. The van der Waals surface area contributed by atoms with E-state index in [-0.39, 0.29) is 0 Å². The number of hydrogen-bond donors (Lipinski definition) is 1. The van der Waals surface area contributed by atoms with E-state index in [4.69, 9.17) is 9.47 Å². The molecule has 0 spiro atoms. The number of carbonyl (C=O) groups excluding carboxylic acids is 2. The Morgan fingerprint density at radius 3 is 1.42 bits per heavy atom. The topological polar surface area (TPSA) is 64.6 Å². The lowest BCUT2D eigenvalue weighted by molar-refractivity contribution is 0.0164.